The van der Waals surface area contributed by atoms with Gasteiger partial charge in [-0.15, -0.1) is 0 Å². The van der Waals surface area contributed by atoms with Crippen LogP contribution in [0.3, 0.4) is 0 Å². The number of halogens is 2. The quantitative estimate of drug-likeness (QED) is 0.237. The van der Waals surface area contributed by atoms with Crippen LogP contribution in [0.15, 0.2) is 72.9 Å². The van der Waals surface area contributed by atoms with Gasteiger partial charge in [0.05, 0.1) is 28.5 Å². The van der Waals surface area contributed by atoms with Crippen LogP contribution in [0.2, 0.25) is 10.0 Å². The van der Waals surface area contributed by atoms with Crippen molar-refractivity contribution >= 4 is 51.9 Å². The van der Waals surface area contributed by atoms with Crippen LogP contribution in [0.4, 0.5) is 11.4 Å². The molecule has 40 heavy (non-hydrogen) atoms. The van der Waals surface area contributed by atoms with E-state index in [1.807, 2.05) is 36.5 Å². The molecule has 2 fully saturated rings. The average Bonchev–Trinajstić information content (AvgIpc) is 3.44. The number of aromatic nitrogens is 2. The van der Waals surface area contributed by atoms with Gasteiger partial charge in [-0.25, -0.2) is 0 Å². The standard InChI is InChI=1S/C32H33Cl2N5S/c1-20-12-15-37(16-13-20)29-11-10-25(19-27(29)34)39-31(30(36-32(39)40)28-9-4-5-14-35-28)26-17-21(2)38(22(26)3)24-8-6-7-23(33)18-24/h4-11,14,17-20,30-31H,12-13,15-16H2,1-3H3,(H,36,40)/t30-,31+/m1/s1. The summed E-state index contributed by atoms with van der Waals surface area (Å²) < 4.78 is 2.25. The van der Waals surface area contributed by atoms with Crippen molar-refractivity contribution in [1.29, 1.82) is 0 Å². The Bertz CT molecular complexity index is 1540. The van der Waals surface area contributed by atoms with Crippen molar-refractivity contribution in [2.75, 3.05) is 22.9 Å². The lowest BCUT2D eigenvalue weighted by atomic mass is 9.96. The van der Waals surface area contributed by atoms with Gasteiger partial charge in [-0.3, -0.25) is 4.98 Å². The van der Waals surface area contributed by atoms with Gasteiger partial charge in [0, 0.05) is 47.1 Å². The fourth-order valence-corrected chi connectivity index (χ4v) is 7.02. The second-order valence-corrected chi connectivity index (χ2v) is 12.2. The van der Waals surface area contributed by atoms with E-state index < -0.39 is 0 Å². The van der Waals surface area contributed by atoms with Gasteiger partial charge in [-0.2, -0.15) is 0 Å². The molecule has 6 rings (SSSR count). The van der Waals surface area contributed by atoms with Gasteiger partial charge in [0.1, 0.15) is 0 Å². The molecule has 0 bridgehead atoms. The maximum Gasteiger partial charge on any atom is 0.174 e. The smallest absolute Gasteiger partial charge is 0.174 e. The van der Waals surface area contributed by atoms with Crippen LogP contribution in [-0.2, 0) is 0 Å². The predicted molar refractivity (Wildman–Crippen MR) is 170 cm³/mol. The van der Waals surface area contributed by atoms with E-state index in [1.54, 1.807) is 0 Å². The van der Waals surface area contributed by atoms with Crippen LogP contribution < -0.4 is 15.1 Å². The molecule has 2 atom stereocenters. The van der Waals surface area contributed by atoms with E-state index in [0.29, 0.717) is 10.1 Å². The normalized spacial score (nSPS) is 19.8. The van der Waals surface area contributed by atoms with Crippen molar-refractivity contribution < 1.29 is 0 Å². The van der Waals surface area contributed by atoms with E-state index in [1.165, 1.54) is 18.4 Å². The first-order chi connectivity index (χ1) is 19.3. The van der Waals surface area contributed by atoms with Crippen molar-refractivity contribution in [3.8, 4) is 5.69 Å². The summed E-state index contributed by atoms with van der Waals surface area (Å²) in [4.78, 5) is 9.32. The highest BCUT2D eigenvalue weighted by Crippen LogP contribution is 2.45. The number of hydrogen-bond donors (Lipinski definition) is 1. The van der Waals surface area contributed by atoms with Gasteiger partial charge in [0.25, 0.3) is 0 Å². The molecule has 2 aliphatic heterocycles. The molecule has 0 unspecified atom stereocenters. The number of anilines is 2. The van der Waals surface area contributed by atoms with Crippen molar-refractivity contribution in [3.63, 3.8) is 0 Å². The highest BCUT2D eigenvalue weighted by molar-refractivity contribution is 7.80. The average molecular weight is 591 g/mol. The van der Waals surface area contributed by atoms with Crippen molar-refractivity contribution in [3.05, 3.63) is 106 Å². The molecular weight excluding hydrogens is 557 g/mol. The molecule has 5 nitrogen and oxygen atoms in total. The minimum Gasteiger partial charge on any atom is -0.370 e. The third-order valence-corrected chi connectivity index (χ3v) is 9.14. The number of hydrogen-bond acceptors (Lipinski definition) is 3. The summed E-state index contributed by atoms with van der Waals surface area (Å²) in [6.07, 6.45) is 4.21. The number of nitrogens with zero attached hydrogens (tertiary/aromatic N) is 4. The van der Waals surface area contributed by atoms with Crippen LogP contribution >= 0.6 is 35.4 Å². The van der Waals surface area contributed by atoms with Crippen molar-refractivity contribution in [1.82, 2.24) is 14.9 Å². The molecule has 2 saturated heterocycles. The zero-order valence-corrected chi connectivity index (χ0v) is 25.3. The predicted octanol–water partition coefficient (Wildman–Crippen LogP) is 8.21. The number of piperidine rings is 1. The Morgan fingerprint density at radius 3 is 2.42 bits per heavy atom. The highest BCUT2D eigenvalue weighted by Gasteiger charge is 2.42. The molecule has 206 valence electrons. The van der Waals surface area contributed by atoms with Gasteiger partial charge in [-0.05, 0) is 105 Å². The fourth-order valence-electron chi connectivity index (χ4n) is 6.20. The lowest BCUT2D eigenvalue weighted by Crippen LogP contribution is -2.33. The number of nitrogens with one attached hydrogen (secondary N) is 1. The lowest BCUT2D eigenvalue weighted by molar-refractivity contribution is 0.438. The van der Waals surface area contributed by atoms with E-state index in [-0.39, 0.29) is 12.1 Å². The zero-order valence-electron chi connectivity index (χ0n) is 22.9. The van der Waals surface area contributed by atoms with Crippen molar-refractivity contribution in [2.45, 2.75) is 45.7 Å². The van der Waals surface area contributed by atoms with Gasteiger partial charge in [0.15, 0.2) is 5.11 Å². The minimum absolute atomic E-state index is 0.126. The molecule has 2 aromatic carbocycles. The van der Waals surface area contributed by atoms with E-state index in [0.717, 1.165) is 58.2 Å². The van der Waals surface area contributed by atoms with Crippen LogP contribution in [0, 0.1) is 19.8 Å². The summed E-state index contributed by atoms with van der Waals surface area (Å²) in [5.74, 6) is 0.762. The van der Waals surface area contributed by atoms with Crippen LogP contribution in [0.5, 0.6) is 0 Å². The second-order valence-electron chi connectivity index (χ2n) is 10.9. The largest absolute Gasteiger partial charge is 0.370 e. The Hall–Kier alpha value is -3.06. The number of thiocarbonyl (C=S) groups is 1. The van der Waals surface area contributed by atoms with E-state index in [2.05, 4.69) is 76.9 Å². The Balaban J connectivity index is 1.44. The van der Waals surface area contributed by atoms with Gasteiger partial charge < -0.3 is 19.7 Å². The summed E-state index contributed by atoms with van der Waals surface area (Å²) in [7, 11) is 0. The molecule has 2 aliphatic rings. The summed E-state index contributed by atoms with van der Waals surface area (Å²) in [5, 5.41) is 5.70. The molecule has 0 spiro atoms. The lowest BCUT2D eigenvalue weighted by Gasteiger charge is -2.33. The molecule has 4 heterocycles. The maximum atomic E-state index is 6.97. The third kappa shape index (κ3) is 4.98. The summed E-state index contributed by atoms with van der Waals surface area (Å²) in [6.45, 7) is 8.67. The number of aryl methyl sites for hydroxylation is 1. The molecule has 0 aliphatic carbocycles. The van der Waals surface area contributed by atoms with Crippen LogP contribution in [-0.4, -0.2) is 27.8 Å². The topological polar surface area (TPSA) is 36.3 Å². The molecular formula is C32H33Cl2N5S. The van der Waals surface area contributed by atoms with Gasteiger partial charge in [0.2, 0.25) is 0 Å². The fraction of sp³-hybridized carbons (Fsp3) is 0.312. The van der Waals surface area contributed by atoms with E-state index in [4.69, 9.17) is 40.4 Å². The Morgan fingerprint density at radius 2 is 1.73 bits per heavy atom. The molecule has 2 aromatic heterocycles. The number of rotatable bonds is 5. The van der Waals surface area contributed by atoms with Gasteiger partial charge >= 0.3 is 0 Å². The van der Waals surface area contributed by atoms with Crippen LogP contribution in [0.25, 0.3) is 5.69 Å². The van der Waals surface area contributed by atoms with Gasteiger partial charge in [-0.1, -0.05) is 42.3 Å². The monoisotopic (exact) mass is 589 g/mol. The third-order valence-electron chi connectivity index (χ3n) is 8.29. The zero-order chi connectivity index (χ0) is 28.0. The maximum absolute atomic E-state index is 6.97. The number of pyridine rings is 1. The molecule has 8 heteroatoms. The molecule has 0 amide bonds. The summed E-state index contributed by atoms with van der Waals surface area (Å²) >= 11 is 19.3. The molecule has 0 saturated carbocycles. The van der Waals surface area contributed by atoms with Crippen LogP contribution in [0.1, 0.15) is 54.5 Å². The summed E-state index contributed by atoms with van der Waals surface area (Å²) in [5.41, 5.74) is 7.46. The molecule has 4 aromatic rings. The molecule has 0 radical (unpaired) electrons. The Morgan fingerprint density at radius 1 is 0.925 bits per heavy atom. The Labute approximate surface area is 251 Å². The van der Waals surface area contributed by atoms with Crippen molar-refractivity contribution in [2.24, 2.45) is 5.92 Å². The van der Waals surface area contributed by atoms with E-state index in [9.17, 15) is 0 Å². The first-order valence-electron chi connectivity index (χ1n) is 13.8. The second kappa shape index (κ2) is 11.1. The molecule has 1 N–H and O–H groups in total. The first kappa shape index (κ1) is 27.1. The summed E-state index contributed by atoms with van der Waals surface area (Å²) in [6, 6.07) is 22.3. The number of benzene rings is 2. The Kier molecular flexibility index (Phi) is 7.51. The highest BCUT2D eigenvalue weighted by atomic mass is 35.5. The first-order valence-corrected chi connectivity index (χ1v) is 15.0. The minimum atomic E-state index is -0.135. The SMILES string of the molecule is Cc1cc([C@H]2[C@@H](c3ccccn3)NC(=S)N2c2ccc(N3CCC(C)CC3)c(Cl)c2)c(C)n1-c1cccc(Cl)c1. The van der Waals surface area contributed by atoms with E-state index >= 15 is 0 Å².